The standard InChI is InChI=1S/C16H29NO2/c1-11(2)16(15(18)19)5-6-17(10-16)14-8-12(3)7-13(4)9-14/h11-14H,5-10H2,1-4H3,(H,18,19). The summed E-state index contributed by atoms with van der Waals surface area (Å²) in [4.78, 5) is 14.2. The maximum Gasteiger partial charge on any atom is 0.311 e. The van der Waals surface area contributed by atoms with E-state index in [9.17, 15) is 9.90 Å². The van der Waals surface area contributed by atoms with Gasteiger partial charge in [-0.25, -0.2) is 0 Å². The molecule has 1 heterocycles. The van der Waals surface area contributed by atoms with Gasteiger partial charge in [0.2, 0.25) is 0 Å². The number of rotatable bonds is 3. The Balaban J connectivity index is 2.06. The van der Waals surface area contributed by atoms with E-state index in [1.54, 1.807) is 0 Å². The maximum absolute atomic E-state index is 11.7. The number of likely N-dealkylation sites (tertiary alicyclic amines) is 1. The fourth-order valence-corrected chi connectivity index (χ4v) is 4.27. The number of carboxylic acids is 1. The van der Waals surface area contributed by atoms with Gasteiger partial charge in [-0.2, -0.15) is 0 Å². The molecule has 0 aromatic carbocycles. The molecule has 1 saturated heterocycles. The Labute approximate surface area is 117 Å². The molecule has 1 aliphatic heterocycles. The predicted octanol–water partition coefficient (Wildman–Crippen LogP) is 3.24. The monoisotopic (exact) mass is 267 g/mol. The van der Waals surface area contributed by atoms with Gasteiger partial charge >= 0.3 is 5.97 Å². The van der Waals surface area contributed by atoms with Crippen LogP contribution in [0.1, 0.15) is 53.4 Å². The van der Waals surface area contributed by atoms with Crippen molar-refractivity contribution in [2.24, 2.45) is 23.2 Å². The summed E-state index contributed by atoms with van der Waals surface area (Å²) in [7, 11) is 0. The van der Waals surface area contributed by atoms with Gasteiger partial charge in [-0.15, -0.1) is 0 Å². The number of aliphatic carboxylic acids is 1. The largest absolute Gasteiger partial charge is 0.481 e. The van der Waals surface area contributed by atoms with E-state index in [2.05, 4.69) is 32.6 Å². The van der Waals surface area contributed by atoms with Crippen molar-refractivity contribution in [3.8, 4) is 0 Å². The molecule has 2 rings (SSSR count). The van der Waals surface area contributed by atoms with Gasteiger partial charge in [0.25, 0.3) is 0 Å². The lowest BCUT2D eigenvalue weighted by Gasteiger charge is -2.38. The van der Waals surface area contributed by atoms with E-state index < -0.39 is 11.4 Å². The molecule has 1 aliphatic carbocycles. The second-order valence-corrected chi connectivity index (χ2v) is 7.41. The van der Waals surface area contributed by atoms with Crippen LogP contribution < -0.4 is 0 Å². The molecule has 0 aromatic rings. The van der Waals surface area contributed by atoms with Gasteiger partial charge in [-0.1, -0.05) is 27.7 Å². The molecular formula is C16H29NO2. The molecule has 2 aliphatic rings. The minimum Gasteiger partial charge on any atom is -0.481 e. The number of hydrogen-bond acceptors (Lipinski definition) is 2. The van der Waals surface area contributed by atoms with E-state index in [1.165, 1.54) is 19.3 Å². The molecule has 0 spiro atoms. The first-order chi connectivity index (χ1) is 8.85. The van der Waals surface area contributed by atoms with Crippen LogP contribution in [0.25, 0.3) is 0 Å². The van der Waals surface area contributed by atoms with Crippen LogP contribution in [0.4, 0.5) is 0 Å². The third kappa shape index (κ3) is 2.81. The first-order valence-corrected chi connectivity index (χ1v) is 7.82. The van der Waals surface area contributed by atoms with Gasteiger partial charge in [-0.05, 0) is 50.0 Å². The number of carbonyl (C=O) groups is 1. The number of carboxylic acid groups (broad SMARTS) is 1. The molecule has 2 fully saturated rings. The van der Waals surface area contributed by atoms with Gasteiger partial charge < -0.3 is 5.11 Å². The van der Waals surface area contributed by atoms with Crippen molar-refractivity contribution in [3.05, 3.63) is 0 Å². The molecule has 1 saturated carbocycles. The normalized spacial score (nSPS) is 40.8. The number of nitrogens with zero attached hydrogens (tertiary/aromatic N) is 1. The fourth-order valence-electron chi connectivity index (χ4n) is 4.27. The lowest BCUT2D eigenvalue weighted by Crippen LogP contribution is -2.44. The molecule has 19 heavy (non-hydrogen) atoms. The van der Waals surface area contributed by atoms with Gasteiger partial charge in [0.15, 0.2) is 0 Å². The van der Waals surface area contributed by atoms with E-state index >= 15 is 0 Å². The minimum absolute atomic E-state index is 0.216. The Morgan fingerprint density at radius 3 is 2.21 bits per heavy atom. The first-order valence-electron chi connectivity index (χ1n) is 7.82. The molecule has 110 valence electrons. The Hall–Kier alpha value is -0.570. The van der Waals surface area contributed by atoms with E-state index in [0.29, 0.717) is 6.04 Å². The first kappa shape index (κ1) is 14.8. The minimum atomic E-state index is -0.595. The summed E-state index contributed by atoms with van der Waals surface area (Å²) >= 11 is 0. The average Bonchev–Trinajstić information content (AvgIpc) is 2.73. The highest BCUT2D eigenvalue weighted by Gasteiger charge is 2.49. The lowest BCUT2D eigenvalue weighted by molar-refractivity contribution is -0.151. The van der Waals surface area contributed by atoms with Crippen molar-refractivity contribution >= 4 is 5.97 Å². The van der Waals surface area contributed by atoms with Crippen LogP contribution in [0.2, 0.25) is 0 Å². The Kier molecular flexibility index (Phi) is 4.24. The molecule has 0 bridgehead atoms. The Morgan fingerprint density at radius 1 is 1.21 bits per heavy atom. The second-order valence-electron chi connectivity index (χ2n) is 7.41. The quantitative estimate of drug-likeness (QED) is 0.853. The van der Waals surface area contributed by atoms with Crippen molar-refractivity contribution in [1.82, 2.24) is 4.90 Å². The smallest absolute Gasteiger partial charge is 0.311 e. The van der Waals surface area contributed by atoms with Crippen LogP contribution in [-0.2, 0) is 4.79 Å². The zero-order valence-electron chi connectivity index (χ0n) is 12.9. The van der Waals surface area contributed by atoms with Crippen LogP contribution in [0.3, 0.4) is 0 Å². The summed E-state index contributed by atoms with van der Waals surface area (Å²) in [6.45, 7) is 10.5. The highest BCUT2D eigenvalue weighted by molar-refractivity contribution is 5.75. The van der Waals surface area contributed by atoms with Crippen LogP contribution in [0, 0.1) is 23.2 Å². The zero-order valence-corrected chi connectivity index (χ0v) is 12.9. The zero-order chi connectivity index (χ0) is 14.2. The molecular weight excluding hydrogens is 238 g/mol. The van der Waals surface area contributed by atoms with Gasteiger partial charge in [0, 0.05) is 12.6 Å². The van der Waals surface area contributed by atoms with Crippen LogP contribution >= 0.6 is 0 Å². The third-order valence-corrected chi connectivity index (χ3v) is 5.53. The Bertz CT molecular complexity index is 332. The highest BCUT2D eigenvalue weighted by atomic mass is 16.4. The van der Waals surface area contributed by atoms with E-state index in [-0.39, 0.29) is 5.92 Å². The molecule has 0 aromatic heterocycles. The van der Waals surface area contributed by atoms with Crippen molar-refractivity contribution in [1.29, 1.82) is 0 Å². The van der Waals surface area contributed by atoms with Gasteiger partial charge in [0.1, 0.15) is 0 Å². The lowest BCUT2D eigenvalue weighted by atomic mass is 9.76. The molecule has 3 heteroatoms. The summed E-state index contributed by atoms with van der Waals surface area (Å²) < 4.78 is 0. The number of hydrogen-bond donors (Lipinski definition) is 1. The SMILES string of the molecule is CC1CC(C)CC(N2CCC(C(=O)O)(C(C)C)C2)C1. The molecule has 3 nitrogen and oxygen atoms in total. The highest BCUT2D eigenvalue weighted by Crippen LogP contribution is 2.42. The molecule has 3 unspecified atom stereocenters. The summed E-state index contributed by atoms with van der Waals surface area (Å²) in [5.74, 6) is 1.19. The van der Waals surface area contributed by atoms with E-state index in [1.807, 2.05) is 0 Å². The van der Waals surface area contributed by atoms with Crippen molar-refractivity contribution in [2.75, 3.05) is 13.1 Å². The molecule has 1 N–H and O–H groups in total. The van der Waals surface area contributed by atoms with E-state index in [0.717, 1.165) is 31.3 Å². The van der Waals surface area contributed by atoms with E-state index in [4.69, 9.17) is 0 Å². The van der Waals surface area contributed by atoms with Crippen molar-refractivity contribution < 1.29 is 9.90 Å². The summed E-state index contributed by atoms with van der Waals surface area (Å²) in [5, 5.41) is 9.63. The molecule has 0 radical (unpaired) electrons. The maximum atomic E-state index is 11.7. The fraction of sp³-hybridized carbons (Fsp3) is 0.938. The van der Waals surface area contributed by atoms with Gasteiger partial charge in [0.05, 0.1) is 5.41 Å². The third-order valence-electron chi connectivity index (χ3n) is 5.53. The predicted molar refractivity (Wildman–Crippen MR) is 77.1 cm³/mol. The second kappa shape index (κ2) is 5.43. The summed E-state index contributed by atoms with van der Waals surface area (Å²) in [6.07, 6.45) is 4.65. The summed E-state index contributed by atoms with van der Waals surface area (Å²) in [6, 6.07) is 0.610. The summed E-state index contributed by atoms with van der Waals surface area (Å²) in [5.41, 5.74) is -0.510. The molecule has 0 amide bonds. The van der Waals surface area contributed by atoms with Gasteiger partial charge in [-0.3, -0.25) is 9.69 Å². The van der Waals surface area contributed by atoms with Crippen molar-refractivity contribution in [3.63, 3.8) is 0 Å². The van der Waals surface area contributed by atoms with Crippen LogP contribution in [-0.4, -0.2) is 35.1 Å². The Morgan fingerprint density at radius 2 is 1.79 bits per heavy atom. The van der Waals surface area contributed by atoms with Crippen LogP contribution in [0.15, 0.2) is 0 Å². The average molecular weight is 267 g/mol. The van der Waals surface area contributed by atoms with Crippen molar-refractivity contribution in [2.45, 2.75) is 59.4 Å². The molecule has 3 atom stereocenters. The topological polar surface area (TPSA) is 40.5 Å². The van der Waals surface area contributed by atoms with Crippen LogP contribution in [0.5, 0.6) is 0 Å².